The maximum Gasteiger partial charge on any atom is 0.405 e. The second-order valence-corrected chi connectivity index (χ2v) is 5.58. The number of ether oxygens (including phenoxy) is 2. The Kier molecular flexibility index (Phi) is 6.42. The highest BCUT2D eigenvalue weighted by molar-refractivity contribution is 5.95. The van der Waals surface area contributed by atoms with Gasteiger partial charge in [-0.1, -0.05) is 6.07 Å². The lowest BCUT2D eigenvalue weighted by atomic mass is 10.1. The SMILES string of the molecule is O=C(COC(=O)COc1ccc2c(c1)CCC2)NC(=O)NCC(F)(F)F. The summed E-state index contributed by atoms with van der Waals surface area (Å²) >= 11 is 0. The van der Waals surface area contributed by atoms with Crippen molar-refractivity contribution in [3.8, 4) is 5.75 Å². The van der Waals surface area contributed by atoms with Gasteiger partial charge in [-0.2, -0.15) is 13.2 Å². The van der Waals surface area contributed by atoms with E-state index in [1.54, 1.807) is 11.4 Å². The molecule has 142 valence electrons. The van der Waals surface area contributed by atoms with Crippen molar-refractivity contribution in [2.24, 2.45) is 0 Å². The number of rotatable bonds is 6. The summed E-state index contributed by atoms with van der Waals surface area (Å²) in [5, 5.41) is 3.05. The van der Waals surface area contributed by atoms with Crippen LogP contribution in [0.5, 0.6) is 5.75 Å². The molecule has 3 amide bonds. The number of fused-ring (bicyclic) bond motifs is 1. The van der Waals surface area contributed by atoms with Gasteiger partial charge in [0.05, 0.1) is 0 Å². The fourth-order valence-electron chi connectivity index (χ4n) is 2.36. The predicted octanol–water partition coefficient (Wildman–Crippen LogP) is 1.49. The van der Waals surface area contributed by atoms with Crippen LogP contribution in [0, 0.1) is 0 Å². The highest BCUT2D eigenvalue weighted by atomic mass is 19.4. The number of nitrogens with one attached hydrogen (secondary N) is 2. The smallest absolute Gasteiger partial charge is 0.405 e. The van der Waals surface area contributed by atoms with Crippen molar-refractivity contribution in [2.45, 2.75) is 25.4 Å². The van der Waals surface area contributed by atoms with Crippen molar-refractivity contribution in [1.82, 2.24) is 10.6 Å². The van der Waals surface area contributed by atoms with E-state index < -0.39 is 43.8 Å². The van der Waals surface area contributed by atoms with E-state index in [2.05, 4.69) is 4.74 Å². The zero-order valence-electron chi connectivity index (χ0n) is 13.6. The van der Waals surface area contributed by atoms with Crippen LogP contribution in [0.2, 0.25) is 0 Å². The number of carbonyl (C=O) groups is 3. The van der Waals surface area contributed by atoms with Gasteiger partial charge in [-0.3, -0.25) is 10.1 Å². The molecule has 0 saturated carbocycles. The quantitative estimate of drug-likeness (QED) is 0.736. The number of imide groups is 1. The molecule has 10 heteroatoms. The van der Waals surface area contributed by atoms with Crippen LogP contribution in [0.3, 0.4) is 0 Å². The molecular weight excluding hydrogens is 357 g/mol. The lowest BCUT2D eigenvalue weighted by molar-refractivity contribution is -0.150. The van der Waals surface area contributed by atoms with Gasteiger partial charge in [-0.15, -0.1) is 0 Å². The highest BCUT2D eigenvalue weighted by Gasteiger charge is 2.28. The molecule has 0 unspecified atom stereocenters. The third-order valence-electron chi connectivity index (χ3n) is 3.49. The molecule has 0 aliphatic heterocycles. The number of urea groups is 1. The summed E-state index contributed by atoms with van der Waals surface area (Å²) in [6.07, 6.45) is -1.55. The number of hydrogen-bond donors (Lipinski definition) is 2. The third kappa shape index (κ3) is 6.61. The van der Waals surface area contributed by atoms with Gasteiger partial charge in [0.25, 0.3) is 5.91 Å². The van der Waals surface area contributed by atoms with Gasteiger partial charge in [0.2, 0.25) is 0 Å². The Morgan fingerprint density at radius 3 is 2.54 bits per heavy atom. The average Bonchev–Trinajstić information content (AvgIpc) is 3.03. The van der Waals surface area contributed by atoms with E-state index in [0.717, 1.165) is 19.3 Å². The average molecular weight is 374 g/mol. The van der Waals surface area contributed by atoms with Gasteiger partial charge in [0, 0.05) is 0 Å². The van der Waals surface area contributed by atoms with Gasteiger partial charge in [0.15, 0.2) is 13.2 Å². The van der Waals surface area contributed by atoms with E-state index in [1.165, 1.54) is 16.4 Å². The summed E-state index contributed by atoms with van der Waals surface area (Å²) in [6.45, 7) is -2.83. The summed E-state index contributed by atoms with van der Waals surface area (Å²) < 4.78 is 45.5. The first kappa shape index (κ1) is 19.5. The molecule has 0 radical (unpaired) electrons. The van der Waals surface area contributed by atoms with Crippen LogP contribution in [-0.4, -0.2) is 43.8 Å². The number of amides is 3. The van der Waals surface area contributed by atoms with E-state index in [0.29, 0.717) is 5.75 Å². The van der Waals surface area contributed by atoms with E-state index in [1.807, 2.05) is 12.1 Å². The first-order chi connectivity index (χ1) is 12.2. The summed E-state index contributed by atoms with van der Waals surface area (Å²) in [6, 6.07) is 4.16. The molecule has 0 saturated heterocycles. The van der Waals surface area contributed by atoms with Crippen LogP contribution in [0.25, 0.3) is 0 Å². The monoisotopic (exact) mass is 374 g/mol. The number of benzene rings is 1. The number of halogens is 3. The van der Waals surface area contributed by atoms with Crippen LogP contribution in [-0.2, 0) is 27.2 Å². The maximum atomic E-state index is 11.9. The molecule has 26 heavy (non-hydrogen) atoms. The van der Waals surface area contributed by atoms with Gasteiger partial charge in [0.1, 0.15) is 12.3 Å². The van der Waals surface area contributed by atoms with Crippen molar-refractivity contribution < 1.29 is 37.0 Å². The fourth-order valence-corrected chi connectivity index (χ4v) is 2.36. The molecule has 1 aromatic rings. The minimum atomic E-state index is -4.60. The van der Waals surface area contributed by atoms with Crippen LogP contribution in [0.4, 0.5) is 18.0 Å². The zero-order valence-corrected chi connectivity index (χ0v) is 13.6. The highest BCUT2D eigenvalue weighted by Crippen LogP contribution is 2.25. The lowest BCUT2D eigenvalue weighted by Gasteiger charge is -2.10. The number of alkyl halides is 3. The largest absolute Gasteiger partial charge is 0.482 e. The molecule has 1 aliphatic carbocycles. The van der Waals surface area contributed by atoms with Crippen molar-refractivity contribution >= 4 is 17.9 Å². The molecule has 7 nitrogen and oxygen atoms in total. The molecule has 0 aromatic heterocycles. The third-order valence-corrected chi connectivity index (χ3v) is 3.49. The van der Waals surface area contributed by atoms with Crippen LogP contribution >= 0.6 is 0 Å². The lowest BCUT2D eigenvalue weighted by Crippen LogP contribution is -2.44. The second kappa shape index (κ2) is 8.54. The van der Waals surface area contributed by atoms with Crippen molar-refractivity contribution in [2.75, 3.05) is 19.8 Å². The Balaban J connectivity index is 1.65. The summed E-state index contributed by atoms with van der Waals surface area (Å²) in [5.41, 5.74) is 2.42. The molecule has 2 N–H and O–H groups in total. The molecule has 0 fully saturated rings. The molecule has 1 aliphatic rings. The van der Waals surface area contributed by atoms with E-state index in [4.69, 9.17) is 4.74 Å². The van der Waals surface area contributed by atoms with Crippen LogP contribution in [0.1, 0.15) is 17.5 Å². The van der Waals surface area contributed by atoms with Gasteiger partial charge >= 0.3 is 18.2 Å². The Morgan fingerprint density at radius 2 is 1.81 bits per heavy atom. The van der Waals surface area contributed by atoms with Gasteiger partial charge < -0.3 is 14.8 Å². The van der Waals surface area contributed by atoms with Gasteiger partial charge in [-0.05, 0) is 42.5 Å². The predicted molar refractivity (Wildman–Crippen MR) is 82.5 cm³/mol. The minimum absolute atomic E-state index is 0.438. The summed E-state index contributed by atoms with van der Waals surface area (Å²) in [4.78, 5) is 33.9. The van der Waals surface area contributed by atoms with Crippen LogP contribution in [0.15, 0.2) is 18.2 Å². The number of esters is 1. The fraction of sp³-hybridized carbons (Fsp3) is 0.438. The first-order valence-electron chi connectivity index (χ1n) is 7.77. The normalized spacial score (nSPS) is 12.9. The first-order valence-corrected chi connectivity index (χ1v) is 7.77. The summed E-state index contributed by atoms with van der Waals surface area (Å²) in [5.74, 6) is -1.41. The molecule has 0 bridgehead atoms. The van der Waals surface area contributed by atoms with E-state index in [-0.39, 0.29) is 0 Å². The molecule has 0 heterocycles. The number of hydrogen-bond acceptors (Lipinski definition) is 5. The minimum Gasteiger partial charge on any atom is -0.482 e. The molecule has 1 aromatic carbocycles. The Labute approximate surface area is 146 Å². The zero-order chi connectivity index (χ0) is 19.2. The Bertz CT molecular complexity index is 691. The van der Waals surface area contributed by atoms with E-state index >= 15 is 0 Å². The Morgan fingerprint density at radius 1 is 1.08 bits per heavy atom. The van der Waals surface area contributed by atoms with E-state index in [9.17, 15) is 27.6 Å². The summed E-state index contributed by atoms with van der Waals surface area (Å²) in [7, 11) is 0. The van der Waals surface area contributed by atoms with Crippen LogP contribution < -0.4 is 15.4 Å². The maximum absolute atomic E-state index is 11.9. The molecule has 2 rings (SSSR count). The molecule has 0 atom stereocenters. The number of carbonyl (C=O) groups excluding carboxylic acids is 3. The van der Waals surface area contributed by atoms with Crippen molar-refractivity contribution in [3.05, 3.63) is 29.3 Å². The van der Waals surface area contributed by atoms with Crippen molar-refractivity contribution in [3.63, 3.8) is 0 Å². The van der Waals surface area contributed by atoms with Gasteiger partial charge in [-0.25, -0.2) is 9.59 Å². The topological polar surface area (TPSA) is 93.7 Å². The number of aryl methyl sites for hydroxylation is 2. The standard InChI is InChI=1S/C16H17F3N2O5/c17-16(18,19)9-20-15(24)21-13(22)7-26-14(23)8-25-12-5-4-10-2-1-3-11(10)6-12/h4-6H,1-3,7-9H2,(H2,20,21,22,24). The second-order valence-electron chi connectivity index (χ2n) is 5.58. The Hall–Kier alpha value is -2.78. The van der Waals surface area contributed by atoms with Crippen molar-refractivity contribution in [1.29, 1.82) is 0 Å². The molecule has 0 spiro atoms. The molecular formula is C16H17F3N2O5.